The van der Waals surface area contributed by atoms with Crippen molar-refractivity contribution in [1.29, 1.82) is 0 Å². The summed E-state index contributed by atoms with van der Waals surface area (Å²) < 4.78 is 43.1. The molecule has 0 saturated heterocycles. The van der Waals surface area contributed by atoms with Crippen molar-refractivity contribution in [3.05, 3.63) is 53.6 Å². The van der Waals surface area contributed by atoms with Crippen LogP contribution in [0, 0.1) is 0 Å². The number of anilines is 2. The summed E-state index contributed by atoms with van der Waals surface area (Å²) in [4.78, 5) is 11.9. The summed E-state index contributed by atoms with van der Waals surface area (Å²) in [7, 11) is 0.449. The molecule has 9 heteroatoms. The van der Waals surface area contributed by atoms with Crippen LogP contribution >= 0.6 is 11.6 Å². The van der Waals surface area contributed by atoms with Gasteiger partial charge in [-0.05, 0) is 36.4 Å². The van der Waals surface area contributed by atoms with Crippen LogP contribution in [0.15, 0.2) is 42.5 Å². The van der Waals surface area contributed by atoms with E-state index in [1.807, 2.05) is 0 Å². The van der Waals surface area contributed by atoms with Crippen LogP contribution in [0.5, 0.6) is 5.75 Å². The highest BCUT2D eigenvalue weighted by atomic mass is 35.5. The second-order valence-electron chi connectivity index (χ2n) is 4.69. The number of halogens is 4. The lowest BCUT2D eigenvalue weighted by Gasteiger charge is -2.14. The molecule has 0 aromatic heterocycles. The number of rotatable bonds is 6. The second-order valence-corrected chi connectivity index (χ2v) is 4.96. The molecule has 0 aliphatic carbocycles. The average molecular weight is 357 g/mol. The summed E-state index contributed by atoms with van der Waals surface area (Å²) >= 11 is 5.55. The number of Topliss-reactive ketones (excluding diaryl/α,β-unsaturated/α-hetero) is 1. The Morgan fingerprint density at radius 1 is 1.25 bits per heavy atom. The van der Waals surface area contributed by atoms with Gasteiger partial charge in [-0.15, -0.1) is 11.6 Å². The Balaban J connectivity index is 2.37. The third kappa shape index (κ3) is 4.42. The third-order valence-electron chi connectivity index (χ3n) is 3.07. The molecule has 0 unspecified atom stereocenters. The molecule has 0 fully saturated rings. The average Bonchev–Trinajstić information content (AvgIpc) is 2.55. The molecule has 1 radical (unpaired) electrons. The van der Waals surface area contributed by atoms with Gasteiger partial charge in [0.15, 0.2) is 5.78 Å². The smallest absolute Gasteiger partial charge is 0.537 e. The summed E-state index contributed by atoms with van der Waals surface area (Å²) in [6.45, 7) is 0. The summed E-state index contributed by atoms with van der Waals surface area (Å²) in [5.41, 5.74) is -0.254. The SMILES string of the molecule is O=C(CCl)c1cc(O[B]O)ccc1Nc1cccc(C(F)(F)F)c1. The lowest BCUT2D eigenvalue weighted by Crippen LogP contribution is -2.08. The van der Waals surface area contributed by atoms with E-state index in [0.717, 1.165) is 12.1 Å². The molecule has 0 amide bonds. The van der Waals surface area contributed by atoms with Crippen LogP contribution in [0.2, 0.25) is 0 Å². The predicted molar refractivity (Wildman–Crippen MR) is 84.8 cm³/mol. The number of carbonyl (C=O) groups excluding carboxylic acids is 1. The Labute approximate surface area is 141 Å². The van der Waals surface area contributed by atoms with Crippen molar-refractivity contribution in [2.45, 2.75) is 6.18 Å². The zero-order chi connectivity index (χ0) is 17.7. The van der Waals surface area contributed by atoms with E-state index in [1.54, 1.807) is 0 Å². The predicted octanol–water partition coefficient (Wildman–Crippen LogP) is 3.78. The number of carbonyl (C=O) groups is 1. The van der Waals surface area contributed by atoms with E-state index in [2.05, 4.69) is 5.32 Å². The quantitative estimate of drug-likeness (QED) is 0.470. The van der Waals surface area contributed by atoms with Gasteiger partial charge in [-0.3, -0.25) is 4.79 Å². The first-order chi connectivity index (χ1) is 11.3. The van der Waals surface area contributed by atoms with Gasteiger partial charge in [0, 0.05) is 16.9 Å². The molecule has 0 aliphatic heterocycles. The topological polar surface area (TPSA) is 58.6 Å². The van der Waals surface area contributed by atoms with E-state index in [4.69, 9.17) is 21.3 Å². The number of benzene rings is 2. The van der Waals surface area contributed by atoms with Gasteiger partial charge in [0.1, 0.15) is 5.75 Å². The third-order valence-corrected chi connectivity index (χ3v) is 3.31. The minimum absolute atomic E-state index is 0.127. The molecule has 0 bridgehead atoms. The Kier molecular flexibility index (Phi) is 5.74. The van der Waals surface area contributed by atoms with Gasteiger partial charge in [0.05, 0.1) is 11.4 Å². The molecule has 0 spiro atoms. The number of ketones is 1. The monoisotopic (exact) mass is 356 g/mol. The molecule has 0 heterocycles. The van der Waals surface area contributed by atoms with Crippen molar-refractivity contribution in [3.8, 4) is 5.75 Å². The Morgan fingerprint density at radius 3 is 2.62 bits per heavy atom. The zero-order valence-corrected chi connectivity index (χ0v) is 12.9. The molecule has 0 atom stereocenters. The molecule has 0 saturated carbocycles. The maximum Gasteiger partial charge on any atom is 0.569 e. The Hall–Kier alpha value is -2.19. The largest absolute Gasteiger partial charge is 0.569 e. The molecular weight excluding hydrogens is 345 g/mol. The van der Waals surface area contributed by atoms with E-state index in [0.29, 0.717) is 7.69 Å². The van der Waals surface area contributed by atoms with Gasteiger partial charge in [-0.25, -0.2) is 0 Å². The van der Waals surface area contributed by atoms with Gasteiger partial charge in [-0.1, -0.05) is 6.07 Å². The van der Waals surface area contributed by atoms with Crippen molar-refractivity contribution in [3.63, 3.8) is 0 Å². The number of nitrogens with one attached hydrogen (secondary N) is 1. The minimum atomic E-state index is -4.47. The number of alkyl halides is 4. The molecule has 4 nitrogen and oxygen atoms in total. The van der Waals surface area contributed by atoms with Crippen molar-refractivity contribution < 1.29 is 27.6 Å². The molecule has 0 aliphatic rings. The first-order valence-electron chi connectivity index (χ1n) is 6.65. The highest BCUT2D eigenvalue weighted by Gasteiger charge is 2.30. The number of hydrogen-bond acceptors (Lipinski definition) is 4. The van der Waals surface area contributed by atoms with Gasteiger partial charge >= 0.3 is 13.9 Å². The zero-order valence-electron chi connectivity index (χ0n) is 12.1. The molecule has 125 valence electrons. The van der Waals surface area contributed by atoms with Gasteiger partial charge < -0.3 is 15.0 Å². The maximum absolute atomic E-state index is 12.8. The molecular formula is C15H11BClF3NO3. The Morgan fingerprint density at radius 2 is 2.00 bits per heavy atom. The van der Waals surface area contributed by atoms with Crippen LogP contribution in [-0.4, -0.2) is 24.4 Å². The molecule has 2 aromatic carbocycles. The van der Waals surface area contributed by atoms with E-state index in [9.17, 15) is 18.0 Å². The van der Waals surface area contributed by atoms with E-state index in [-0.39, 0.29) is 28.6 Å². The van der Waals surface area contributed by atoms with Crippen molar-refractivity contribution >= 4 is 36.4 Å². The van der Waals surface area contributed by atoms with Crippen molar-refractivity contribution in [1.82, 2.24) is 0 Å². The summed E-state index contributed by atoms with van der Waals surface area (Å²) in [5, 5.41) is 11.4. The fourth-order valence-corrected chi connectivity index (χ4v) is 2.14. The minimum Gasteiger partial charge on any atom is -0.537 e. The van der Waals surface area contributed by atoms with Crippen LogP contribution in [0.25, 0.3) is 0 Å². The molecule has 24 heavy (non-hydrogen) atoms. The van der Waals surface area contributed by atoms with E-state index >= 15 is 0 Å². The normalized spacial score (nSPS) is 11.0. The van der Waals surface area contributed by atoms with Crippen LogP contribution in [-0.2, 0) is 6.18 Å². The number of hydrogen-bond donors (Lipinski definition) is 2. The summed E-state index contributed by atoms with van der Waals surface area (Å²) in [6, 6.07) is 8.79. The fraction of sp³-hybridized carbons (Fsp3) is 0.133. The van der Waals surface area contributed by atoms with Crippen LogP contribution in [0.4, 0.5) is 24.5 Å². The lowest BCUT2D eigenvalue weighted by atomic mass is 10.1. The van der Waals surface area contributed by atoms with Crippen molar-refractivity contribution in [2.24, 2.45) is 0 Å². The second kappa shape index (κ2) is 7.59. The maximum atomic E-state index is 12.8. The lowest BCUT2D eigenvalue weighted by molar-refractivity contribution is -0.137. The van der Waals surface area contributed by atoms with Gasteiger partial charge in [0.25, 0.3) is 0 Å². The molecule has 2 N–H and O–H groups in total. The molecule has 2 rings (SSSR count). The van der Waals surface area contributed by atoms with Crippen LogP contribution < -0.4 is 9.97 Å². The van der Waals surface area contributed by atoms with Gasteiger partial charge in [-0.2, -0.15) is 13.2 Å². The van der Waals surface area contributed by atoms with E-state index in [1.165, 1.54) is 30.3 Å². The first-order valence-corrected chi connectivity index (χ1v) is 7.18. The summed E-state index contributed by atoms with van der Waals surface area (Å²) in [5.74, 6) is -0.584. The standard InChI is InChI=1S/C15H11BClF3NO3/c17-8-14(22)12-7-11(24-16-23)4-5-13(12)21-10-3-1-2-9(6-10)15(18,19)20/h1-7,21,23H,8H2. The highest BCUT2D eigenvalue weighted by molar-refractivity contribution is 6.31. The van der Waals surface area contributed by atoms with Crippen LogP contribution in [0.1, 0.15) is 15.9 Å². The summed E-state index contributed by atoms with van der Waals surface area (Å²) in [6.07, 6.45) is -4.47. The Bertz CT molecular complexity index is 740. The van der Waals surface area contributed by atoms with E-state index < -0.39 is 17.5 Å². The van der Waals surface area contributed by atoms with Crippen LogP contribution in [0.3, 0.4) is 0 Å². The fourth-order valence-electron chi connectivity index (χ4n) is 2.00. The highest BCUT2D eigenvalue weighted by Crippen LogP contribution is 2.32. The van der Waals surface area contributed by atoms with Gasteiger partial charge in [0.2, 0.25) is 0 Å². The first kappa shape index (κ1) is 18.2. The van der Waals surface area contributed by atoms with Crippen molar-refractivity contribution in [2.75, 3.05) is 11.2 Å². The molecule has 2 aromatic rings.